The lowest BCUT2D eigenvalue weighted by Gasteiger charge is -2.03. The van der Waals surface area contributed by atoms with Gasteiger partial charge in [0.25, 0.3) is 0 Å². The lowest BCUT2D eigenvalue weighted by molar-refractivity contribution is -0.138. The van der Waals surface area contributed by atoms with E-state index >= 15 is 0 Å². The molecule has 6 nitrogen and oxygen atoms in total. The summed E-state index contributed by atoms with van der Waals surface area (Å²) in [6.45, 7) is 10.4. The highest BCUT2D eigenvalue weighted by Crippen LogP contribution is 2.00. The van der Waals surface area contributed by atoms with Crippen LogP contribution in [0.2, 0.25) is 0 Å². The summed E-state index contributed by atoms with van der Waals surface area (Å²) < 4.78 is 4.86. The van der Waals surface area contributed by atoms with E-state index in [1.807, 2.05) is 0 Å². The summed E-state index contributed by atoms with van der Waals surface area (Å²) in [5, 5.41) is 16.2. The molecule has 0 aromatic carbocycles. The van der Waals surface area contributed by atoms with Gasteiger partial charge in [0.15, 0.2) is 0 Å². The number of carbonyl (C=O) groups excluding carboxylic acids is 1. The fraction of sp³-hybridized carbons (Fsp3) is 0.400. The average molecular weight is 298 g/mol. The predicted octanol–water partition coefficient (Wildman–Crippen LogP) is 2.56. The molecule has 6 heteroatoms. The van der Waals surface area contributed by atoms with Crippen molar-refractivity contribution in [3.8, 4) is 0 Å². The van der Waals surface area contributed by atoms with E-state index in [1.54, 1.807) is 0 Å². The third-order valence-corrected chi connectivity index (χ3v) is 2.04. The number of ether oxygens (including phenoxy) is 1. The van der Waals surface area contributed by atoms with Gasteiger partial charge < -0.3 is 14.9 Å². The van der Waals surface area contributed by atoms with E-state index in [0.717, 1.165) is 31.4 Å². The molecule has 0 radical (unpaired) electrons. The van der Waals surface area contributed by atoms with Crippen molar-refractivity contribution in [2.75, 3.05) is 6.61 Å². The van der Waals surface area contributed by atoms with Gasteiger partial charge in [-0.1, -0.05) is 32.9 Å². The first-order chi connectivity index (χ1) is 9.72. The van der Waals surface area contributed by atoms with E-state index in [-0.39, 0.29) is 11.1 Å². The van der Waals surface area contributed by atoms with Crippen LogP contribution in [0.1, 0.15) is 33.1 Å². The highest BCUT2D eigenvalue weighted by Gasteiger charge is 2.04. The van der Waals surface area contributed by atoms with Crippen molar-refractivity contribution in [2.45, 2.75) is 33.1 Å². The van der Waals surface area contributed by atoms with E-state index in [0.29, 0.717) is 6.61 Å². The van der Waals surface area contributed by atoms with Gasteiger partial charge in [0.2, 0.25) is 0 Å². The van der Waals surface area contributed by atoms with E-state index in [2.05, 4.69) is 20.1 Å². The quantitative estimate of drug-likeness (QED) is 0.309. The van der Waals surface area contributed by atoms with Crippen molar-refractivity contribution in [3.63, 3.8) is 0 Å². The van der Waals surface area contributed by atoms with Crippen molar-refractivity contribution in [2.24, 2.45) is 0 Å². The largest absolute Gasteiger partial charge is 0.478 e. The number of rotatable bonds is 8. The fourth-order valence-corrected chi connectivity index (χ4v) is 0.850. The molecule has 0 aliphatic heterocycles. The summed E-state index contributed by atoms with van der Waals surface area (Å²) in [6.07, 6.45) is 4.86. The van der Waals surface area contributed by atoms with Gasteiger partial charge >= 0.3 is 17.9 Å². The highest BCUT2D eigenvalue weighted by molar-refractivity contribution is 5.93. The molecule has 0 saturated heterocycles. The van der Waals surface area contributed by atoms with Gasteiger partial charge in [-0.05, 0) is 19.4 Å². The van der Waals surface area contributed by atoms with Gasteiger partial charge in [0.05, 0.1) is 12.2 Å². The monoisotopic (exact) mass is 298 g/mol. The van der Waals surface area contributed by atoms with E-state index < -0.39 is 17.9 Å². The molecule has 0 rings (SSSR count). The maximum absolute atomic E-state index is 11.2. The van der Waals surface area contributed by atoms with Crippen LogP contribution in [0.3, 0.4) is 0 Å². The third kappa shape index (κ3) is 15.6. The Hall–Kier alpha value is -2.37. The number of carbonyl (C=O) groups is 3. The Morgan fingerprint density at radius 1 is 1.10 bits per heavy atom. The molecule has 0 aliphatic carbocycles. The van der Waals surface area contributed by atoms with Crippen molar-refractivity contribution >= 4 is 17.9 Å². The van der Waals surface area contributed by atoms with Gasteiger partial charge in [0.1, 0.15) is 0 Å². The average Bonchev–Trinajstić information content (AvgIpc) is 2.41. The smallest absolute Gasteiger partial charge is 0.337 e. The zero-order chi connectivity index (χ0) is 16.8. The molecule has 0 unspecified atom stereocenters. The van der Waals surface area contributed by atoms with Crippen LogP contribution in [0.25, 0.3) is 0 Å². The first-order valence-electron chi connectivity index (χ1n) is 6.38. The number of hydrogen-bond donors (Lipinski definition) is 2. The van der Waals surface area contributed by atoms with Crippen molar-refractivity contribution in [1.82, 2.24) is 0 Å². The topological polar surface area (TPSA) is 101 Å². The van der Waals surface area contributed by atoms with E-state index in [4.69, 9.17) is 14.9 Å². The normalized spacial score (nSPS) is 9.43. The van der Waals surface area contributed by atoms with Crippen molar-refractivity contribution < 1.29 is 29.3 Å². The maximum Gasteiger partial charge on any atom is 0.337 e. The molecule has 0 spiro atoms. The summed E-state index contributed by atoms with van der Waals surface area (Å²) in [5.41, 5.74) is 0.226. The highest BCUT2D eigenvalue weighted by atomic mass is 16.5. The predicted molar refractivity (Wildman–Crippen MR) is 78.8 cm³/mol. The summed E-state index contributed by atoms with van der Waals surface area (Å²) in [4.78, 5) is 30.9. The number of carboxylic acids is 2. The fourth-order valence-electron chi connectivity index (χ4n) is 0.850. The molecule has 0 aromatic heterocycles. The second kappa shape index (κ2) is 12.7. The number of carboxylic acid groups (broad SMARTS) is 2. The zero-order valence-corrected chi connectivity index (χ0v) is 12.4. The van der Waals surface area contributed by atoms with Gasteiger partial charge in [0, 0.05) is 11.6 Å². The maximum atomic E-state index is 11.2. The summed E-state index contributed by atoms with van der Waals surface area (Å²) in [7, 11) is 0. The summed E-state index contributed by atoms with van der Waals surface area (Å²) in [6, 6.07) is 0. The second-order valence-corrected chi connectivity index (χ2v) is 4.13. The molecule has 21 heavy (non-hydrogen) atoms. The van der Waals surface area contributed by atoms with Gasteiger partial charge in [-0.25, -0.2) is 14.4 Å². The molecule has 0 amide bonds. The minimum absolute atomic E-state index is 0.0499. The van der Waals surface area contributed by atoms with Crippen LogP contribution < -0.4 is 0 Å². The van der Waals surface area contributed by atoms with Gasteiger partial charge in [-0.2, -0.15) is 0 Å². The molecule has 0 aromatic rings. The molecule has 0 bridgehead atoms. The SMILES string of the molecule is C=C(C)C(=O)O.C=C(C=CC(=O)O)C(=O)OCCCCC. The van der Waals surface area contributed by atoms with E-state index in [1.165, 1.54) is 6.92 Å². The Labute approximate surface area is 124 Å². The van der Waals surface area contributed by atoms with Gasteiger partial charge in [-0.3, -0.25) is 0 Å². The van der Waals surface area contributed by atoms with Crippen LogP contribution in [0.4, 0.5) is 0 Å². The number of hydrogen-bond acceptors (Lipinski definition) is 4. The summed E-state index contributed by atoms with van der Waals surface area (Å²) >= 11 is 0. The Kier molecular flexibility index (Phi) is 12.6. The molecular weight excluding hydrogens is 276 g/mol. The number of aliphatic carboxylic acids is 2. The molecule has 0 saturated carbocycles. The standard InChI is InChI=1S/C11H16O4.C4H6O2/c1-3-4-5-8-15-11(14)9(2)6-7-10(12)13;1-3(2)4(5)6/h6-7H,2-5,8H2,1H3,(H,12,13);1H2,2H3,(H,5,6). The Morgan fingerprint density at radius 3 is 2.00 bits per heavy atom. The first-order valence-corrected chi connectivity index (χ1v) is 6.38. The van der Waals surface area contributed by atoms with Gasteiger partial charge in [-0.15, -0.1) is 0 Å². The Morgan fingerprint density at radius 2 is 1.62 bits per heavy atom. The van der Waals surface area contributed by atoms with Crippen LogP contribution in [-0.2, 0) is 19.1 Å². The molecule has 118 valence electrons. The number of esters is 1. The minimum Gasteiger partial charge on any atom is -0.478 e. The molecule has 0 atom stereocenters. The van der Waals surface area contributed by atoms with E-state index in [9.17, 15) is 14.4 Å². The minimum atomic E-state index is -1.12. The lowest BCUT2D eigenvalue weighted by Crippen LogP contribution is -2.07. The first kappa shape index (κ1) is 20.9. The van der Waals surface area contributed by atoms with Crippen molar-refractivity contribution in [1.29, 1.82) is 0 Å². The molecule has 0 fully saturated rings. The second-order valence-electron chi connectivity index (χ2n) is 4.13. The zero-order valence-electron chi connectivity index (χ0n) is 12.4. The Bertz CT molecular complexity index is 408. The molecule has 0 aliphatic rings. The van der Waals surface area contributed by atoms with Crippen LogP contribution in [0.15, 0.2) is 36.5 Å². The van der Waals surface area contributed by atoms with Crippen LogP contribution in [0, 0.1) is 0 Å². The molecule has 2 N–H and O–H groups in total. The lowest BCUT2D eigenvalue weighted by atomic mass is 10.2. The van der Waals surface area contributed by atoms with Crippen LogP contribution >= 0.6 is 0 Å². The molecular formula is C15H22O6. The van der Waals surface area contributed by atoms with Crippen LogP contribution in [0.5, 0.6) is 0 Å². The van der Waals surface area contributed by atoms with Crippen LogP contribution in [-0.4, -0.2) is 34.7 Å². The Balaban J connectivity index is 0. The summed E-state index contributed by atoms with van der Waals surface area (Å²) in [5.74, 6) is -2.62. The molecule has 0 heterocycles. The van der Waals surface area contributed by atoms with Crippen molar-refractivity contribution in [3.05, 3.63) is 36.5 Å². The number of unbranched alkanes of at least 4 members (excludes halogenated alkanes) is 2. The third-order valence-electron chi connectivity index (χ3n) is 2.04.